The van der Waals surface area contributed by atoms with Crippen LogP contribution in [0.15, 0.2) is 112 Å². The van der Waals surface area contributed by atoms with E-state index in [2.05, 4.69) is 21.2 Å². The van der Waals surface area contributed by atoms with Crippen LogP contribution in [0, 0.1) is 12.7 Å². The lowest BCUT2D eigenvalue weighted by molar-refractivity contribution is -0.140. The van der Waals surface area contributed by atoms with E-state index in [0.29, 0.717) is 16.5 Å². The minimum absolute atomic E-state index is 0.0290. The molecule has 10 heteroatoms. The molecule has 0 bridgehead atoms. The number of rotatable bonds is 13. The fourth-order valence-electron chi connectivity index (χ4n) is 4.78. The highest BCUT2D eigenvalue weighted by molar-refractivity contribution is 9.10. The number of halogens is 2. The highest BCUT2D eigenvalue weighted by Crippen LogP contribution is 2.27. The zero-order valence-electron chi connectivity index (χ0n) is 25.5. The number of hydrogen-bond donors (Lipinski definition) is 1. The van der Waals surface area contributed by atoms with E-state index in [9.17, 15) is 22.4 Å². The predicted molar refractivity (Wildman–Crippen MR) is 179 cm³/mol. The number of benzene rings is 4. The van der Waals surface area contributed by atoms with Crippen LogP contribution >= 0.6 is 15.9 Å². The van der Waals surface area contributed by atoms with Gasteiger partial charge in [0.05, 0.1) is 10.6 Å². The third-order valence-corrected chi connectivity index (χ3v) is 9.80. The number of amides is 2. The van der Waals surface area contributed by atoms with Crippen molar-refractivity contribution in [3.05, 3.63) is 130 Å². The number of carbonyl (C=O) groups excluding carboxylic acids is 2. The first-order chi connectivity index (χ1) is 21.5. The van der Waals surface area contributed by atoms with Crippen LogP contribution in [0.5, 0.6) is 0 Å². The number of nitrogens with one attached hydrogen (secondary N) is 1. The molecule has 0 saturated carbocycles. The van der Waals surface area contributed by atoms with Crippen molar-refractivity contribution in [2.45, 2.75) is 57.1 Å². The molecule has 0 aromatic heterocycles. The van der Waals surface area contributed by atoms with Crippen LogP contribution in [0.2, 0.25) is 0 Å². The molecule has 236 valence electrons. The third-order valence-electron chi connectivity index (χ3n) is 7.52. The van der Waals surface area contributed by atoms with Gasteiger partial charge in [0, 0.05) is 23.5 Å². The van der Waals surface area contributed by atoms with E-state index in [4.69, 9.17) is 0 Å². The van der Waals surface area contributed by atoms with Crippen molar-refractivity contribution in [2.75, 3.05) is 10.8 Å². The second kappa shape index (κ2) is 15.3. The summed E-state index contributed by atoms with van der Waals surface area (Å²) in [4.78, 5) is 29.7. The molecule has 0 aliphatic carbocycles. The van der Waals surface area contributed by atoms with Gasteiger partial charge in [0.1, 0.15) is 18.4 Å². The van der Waals surface area contributed by atoms with Crippen molar-refractivity contribution in [1.82, 2.24) is 10.2 Å². The quantitative estimate of drug-likeness (QED) is 0.170. The Bertz CT molecular complexity index is 1700. The van der Waals surface area contributed by atoms with Crippen molar-refractivity contribution in [3.63, 3.8) is 0 Å². The number of sulfonamides is 1. The van der Waals surface area contributed by atoms with Gasteiger partial charge >= 0.3 is 0 Å². The van der Waals surface area contributed by atoms with Crippen molar-refractivity contribution in [3.8, 4) is 0 Å². The maximum absolute atomic E-state index is 14.5. The van der Waals surface area contributed by atoms with Gasteiger partial charge in [0.15, 0.2) is 0 Å². The minimum atomic E-state index is -4.21. The number of hydrogen-bond acceptors (Lipinski definition) is 4. The van der Waals surface area contributed by atoms with E-state index in [0.717, 1.165) is 15.4 Å². The molecule has 2 atom stereocenters. The smallest absolute Gasteiger partial charge is 0.264 e. The van der Waals surface area contributed by atoms with Gasteiger partial charge in [-0.15, -0.1) is 0 Å². The zero-order chi connectivity index (χ0) is 32.6. The lowest BCUT2D eigenvalue weighted by Gasteiger charge is -2.34. The van der Waals surface area contributed by atoms with Gasteiger partial charge in [0.2, 0.25) is 11.8 Å². The number of carbonyl (C=O) groups is 2. The molecule has 0 heterocycles. The van der Waals surface area contributed by atoms with Crippen molar-refractivity contribution < 1.29 is 22.4 Å². The Morgan fingerprint density at radius 2 is 1.56 bits per heavy atom. The van der Waals surface area contributed by atoms with Gasteiger partial charge < -0.3 is 10.2 Å². The summed E-state index contributed by atoms with van der Waals surface area (Å²) in [6, 6.07) is 27.0. The van der Waals surface area contributed by atoms with Crippen LogP contribution in [-0.4, -0.2) is 43.8 Å². The van der Waals surface area contributed by atoms with Gasteiger partial charge in [-0.3, -0.25) is 13.9 Å². The van der Waals surface area contributed by atoms with Crippen LogP contribution in [0.25, 0.3) is 0 Å². The molecule has 45 heavy (non-hydrogen) atoms. The van der Waals surface area contributed by atoms with Crippen molar-refractivity contribution in [2.24, 2.45) is 0 Å². The Morgan fingerprint density at radius 3 is 2.18 bits per heavy atom. The van der Waals surface area contributed by atoms with Crippen molar-refractivity contribution in [1.29, 1.82) is 0 Å². The van der Waals surface area contributed by atoms with Crippen LogP contribution in [-0.2, 0) is 32.6 Å². The molecule has 0 spiro atoms. The van der Waals surface area contributed by atoms with Gasteiger partial charge in [-0.25, -0.2) is 12.8 Å². The van der Waals surface area contributed by atoms with Crippen molar-refractivity contribution >= 4 is 43.5 Å². The van der Waals surface area contributed by atoms with E-state index in [-0.39, 0.29) is 35.5 Å². The predicted octanol–water partition coefficient (Wildman–Crippen LogP) is 6.65. The molecule has 0 aliphatic rings. The summed E-state index contributed by atoms with van der Waals surface area (Å²) >= 11 is 3.42. The van der Waals surface area contributed by atoms with Gasteiger partial charge in [-0.1, -0.05) is 89.1 Å². The van der Waals surface area contributed by atoms with Crippen LogP contribution in [0.4, 0.5) is 10.1 Å². The molecule has 0 unspecified atom stereocenters. The monoisotopic (exact) mass is 693 g/mol. The van der Waals surface area contributed by atoms with Gasteiger partial charge in [-0.2, -0.15) is 0 Å². The van der Waals surface area contributed by atoms with Gasteiger partial charge in [0.25, 0.3) is 10.0 Å². The first-order valence-corrected chi connectivity index (χ1v) is 16.9. The molecule has 4 rings (SSSR count). The summed E-state index contributed by atoms with van der Waals surface area (Å²) < 4.78 is 43.7. The maximum Gasteiger partial charge on any atom is 0.264 e. The summed E-state index contributed by atoms with van der Waals surface area (Å²) in [5, 5.41) is 3.00. The Morgan fingerprint density at radius 1 is 0.889 bits per heavy atom. The molecule has 0 aliphatic heterocycles. The number of aryl methyl sites for hydroxylation is 1. The van der Waals surface area contributed by atoms with E-state index in [1.165, 1.54) is 29.2 Å². The van der Waals surface area contributed by atoms with E-state index >= 15 is 0 Å². The summed E-state index contributed by atoms with van der Waals surface area (Å²) in [5.74, 6) is -1.38. The van der Waals surface area contributed by atoms with E-state index in [1.807, 2.05) is 51.1 Å². The normalized spacial score (nSPS) is 12.6. The summed E-state index contributed by atoms with van der Waals surface area (Å²) in [5.41, 5.74) is 2.59. The lowest BCUT2D eigenvalue weighted by Crippen LogP contribution is -2.54. The Hall–Kier alpha value is -4.02. The SMILES string of the molecule is CC[C@@H](C)NC(=O)[C@H](Cc1ccccc1)N(Cc1ccc(F)cc1)C(=O)CN(c1cccc(Br)c1)S(=O)(=O)c1ccc(C)cc1. The fraction of sp³-hybridized carbons (Fsp3) is 0.257. The molecule has 4 aromatic rings. The molecular weight excluding hydrogens is 657 g/mol. The standard InChI is InChI=1S/C35H37BrFN3O4S/c1-4-26(3)38-35(42)33(21-27-9-6-5-7-10-27)39(23-28-15-17-30(37)18-16-28)34(41)24-40(31-12-8-11-29(36)22-31)45(43,44)32-19-13-25(2)14-20-32/h5-20,22,26,33H,4,21,23-24H2,1-3H3,(H,38,42)/t26-,33+/m1/s1. The topological polar surface area (TPSA) is 86.8 Å². The molecule has 0 saturated heterocycles. The Labute approximate surface area is 273 Å². The maximum atomic E-state index is 14.5. The van der Waals surface area contributed by atoms with E-state index in [1.54, 1.807) is 48.5 Å². The lowest BCUT2D eigenvalue weighted by atomic mass is 10.0. The molecule has 4 aromatic carbocycles. The highest BCUT2D eigenvalue weighted by atomic mass is 79.9. The fourth-order valence-corrected chi connectivity index (χ4v) is 6.57. The Kier molecular flexibility index (Phi) is 11.5. The van der Waals surface area contributed by atoms with Crippen LogP contribution in [0.1, 0.15) is 37.0 Å². The first-order valence-electron chi connectivity index (χ1n) is 14.7. The van der Waals surface area contributed by atoms with Crippen LogP contribution < -0.4 is 9.62 Å². The van der Waals surface area contributed by atoms with E-state index < -0.39 is 34.3 Å². The van der Waals surface area contributed by atoms with Crippen LogP contribution in [0.3, 0.4) is 0 Å². The highest BCUT2D eigenvalue weighted by Gasteiger charge is 2.35. The summed E-state index contributed by atoms with van der Waals surface area (Å²) in [6.07, 6.45) is 0.874. The number of anilines is 1. The minimum Gasteiger partial charge on any atom is -0.352 e. The first kappa shape index (κ1) is 33.9. The molecule has 0 fully saturated rings. The second-order valence-electron chi connectivity index (χ2n) is 11.0. The average molecular weight is 695 g/mol. The Balaban J connectivity index is 1.80. The summed E-state index contributed by atoms with van der Waals surface area (Å²) in [7, 11) is -4.21. The second-order valence-corrected chi connectivity index (χ2v) is 13.8. The molecule has 7 nitrogen and oxygen atoms in total. The average Bonchev–Trinajstić information content (AvgIpc) is 3.02. The molecule has 1 N–H and O–H groups in total. The summed E-state index contributed by atoms with van der Waals surface area (Å²) in [6.45, 7) is 5.07. The zero-order valence-corrected chi connectivity index (χ0v) is 27.9. The molecule has 2 amide bonds. The largest absolute Gasteiger partial charge is 0.352 e. The molecule has 0 radical (unpaired) electrons. The molecular formula is C35H37BrFN3O4S. The third kappa shape index (κ3) is 9.02. The number of nitrogens with zero attached hydrogens (tertiary/aromatic N) is 2. The van der Waals surface area contributed by atoms with Gasteiger partial charge in [-0.05, 0) is 73.9 Å².